The molecule has 0 saturated heterocycles. The number of carbonyl (C=O) groups excluding carboxylic acids is 1. The SMILES string of the molecule is CCOC(=O)c1nn(C)cc1CNCC(CC)(CC)C(=O)O. The van der Waals surface area contributed by atoms with Crippen LogP contribution in [0.2, 0.25) is 0 Å². The Morgan fingerprint density at radius 2 is 2.00 bits per heavy atom. The van der Waals surface area contributed by atoms with Crippen molar-refractivity contribution in [1.82, 2.24) is 15.1 Å². The normalized spacial score (nSPS) is 11.5. The molecule has 2 N–H and O–H groups in total. The molecule has 7 heteroatoms. The second-order valence-corrected chi connectivity index (χ2v) is 5.29. The number of rotatable bonds is 9. The first kappa shape index (κ1) is 18.2. The predicted molar refractivity (Wildman–Crippen MR) is 81.5 cm³/mol. The van der Waals surface area contributed by atoms with Crippen LogP contribution in [-0.2, 0) is 23.1 Å². The molecule has 0 fully saturated rings. The fourth-order valence-electron chi connectivity index (χ4n) is 2.35. The molecule has 0 aliphatic carbocycles. The van der Waals surface area contributed by atoms with Gasteiger partial charge in [-0.3, -0.25) is 9.48 Å². The standard InChI is InChI=1S/C15H25N3O4/c1-5-15(6-2,14(20)21)10-16-8-11-9-18(4)17-12(11)13(19)22-7-3/h9,16H,5-8,10H2,1-4H3,(H,20,21). The third-order valence-electron chi connectivity index (χ3n) is 3.96. The van der Waals surface area contributed by atoms with E-state index in [0.717, 1.165) is 0 Å². The van der Waals surface area contributed by atoms with Gasteiger partial charge in [-0.15, -0.1) is 0 Å². The van der Waals surface area contributed by atoms with Crippen molar-refractivity contribution in [3.8, 4) is 0 Å². The molecule has 1 heterocycles. The van der Waals surface area contributed by atoms with Gasteiger partial charge in [0, 0.05) is 31.9 Å². The summed E-state index contributed by atoms with van der Waals surface area (Å²) in [5.41, 5.74) is 0.185. The first-order chi connectivity index (χ1) is 10.4. The summed E-state index contributed by atoms with van der Waals surface area (Å²) in [4.78, 5) is 23.3. The van der Waals surface area contributed by atoms with Crippen molar-refractivity contribution in [2.24, 2.45) is 12.5 Å². The number of aromatic nitrogens is 2. The number of aliphatic carboxylic acids is 1. The van der Waals surface area contributed by atoms with E-state index in [1.54, 1.807) is 24.9 Å². The molecule has 0 aliphatic heterocycles. The van der Waals surface area contributed by atoms with Gasteiger partial charge in [0.15, 0.2) is 5.69 Å². The summed E-state index contributed by atoms with van der Waals surface area (Å²) in [6.45, 7) is 6.48. The third-order valence-corrected chi connectivity index (χ3v) is 3.96. The Morgan fingerprint density at radius 1 is 1.36 bits per heavy atom. The van der Waals surface area contributed by atoms with Crippen molar-refractivity contribution >= 4 is 11.9 Å². The summed E-state index contributed by atoms with van der Waals surface area (Å²) in [6, 6.07) is 0. The largest absolute Gasteiger partial charge is 0.481 e. The van der Waals surface area contributed by atoms with Gasteiger partial charge in [-0.05, 0) is 19.8 Å². The molecule has 0 aromatic carbocycles. The molecule has 7 nitrogen and oxygen atoms in total. The summed E-state index contributed by atoms with van der Waals surface area (Å²) < 4.78 is 6.52. The van der Waals surface area contributed by atoms with Crippen LogP contribution in [0.3, 0.4) is 0 Å². The van der Waals surface area contributed by atoms with Crippen LogP contribution in [0, 0.1) is 5.41 Å². The molecule has 0 spiro atoms. The molecular weight excluding hydrogens is 286 g/mol. The van der Waals surface area contributed by atoms with Crippen molar-refractivity contribution in [2.75, 3.05) is 13.2 Å². The maximum atomic E-state index is 11.8. The minimum Gasteiger partial charge on any atom is -0.481 e. The van der Waals surface area contributed by atoms with E-state index in [4.69, 9.17) is 4.74 Å². The van der Waals surface area contributed by atoms with E-state index in [2.05, 4.69) is 10.4 Å². The second kappa shape index (κ2) is 7.93. The minimum atomic E-state index is -0.804. The Kier molecular flexibility index (Phi) is 6.55. The van der Waals surface area contributed by atoms with E-state index in [9.17, 15) is 14.7 Å². The van der Waals surface area contributed by atoms with Gasteiger partial charge in [0.25, 0.3) is 0 Å². The predicted octanol–water partition coefficient (Wildman–Crippen LogP) is 1.58. The van der Waals surface area contributed by atoms with Crippen molar-refractivity contribution in [3.05, 3.63) is 17.5 Å². The Labute approximate surface area is 130 Å². The van der Waals surface area contributed by atoms with Gasteiger partial charge >= 0.3 is 11.9 Å². The molecule has 1 aromatic rings. The lowest BCUT2D eigenvalue weighted by molar-refractivity contribution is -0.149. The van der Waals surface area contributed by atoms with Gasteiger partial charge in [0.2, 0.25) is 0 Å². The zero-order valence-electron chi connectivity index (χ0n) is 13.7. The van der Waals surface area contributed by atoms with Gasteiger partial charge in [0.1, 0.15) is 0 Å². The van der Waals surface area contributed by atoms with Crippen LogP contribution in [0.4, 0.5) is 0 Å². The molecular formula is C15H25N3O4. The summed E-state index contributed by atoms with van der Waals surface area (Å²) in [5.74, 6) is -1.27. The van der Waals surface area contributed by atoms with Gasteiger partial charge in [-0.2, -0.15) is 5.10 Å². The molecule has 124 valence electrons. The molecule has 0 amide bonds. The molecule has 1 aromatic heterocycles. The lowest BCUT2D eigenvalue weighted by Crippen LogP contribution is -2.40. The van der Waals surface area contributed by atoms with Crippen LogP contribution in [0.5, 0.6) is 0 Å². The number of ether oxygens (including phenoxy) is 1. The topological polar surface area (TPSA) is 93.5 Å². The van der Waals surface area contributed by atoms with E-state index < -0.39 is 17.4 Å². The highest BCUT2D eigenvalue weighted by molar-refractivity contribution is 5.88. The van der Waals surface area contributed by atoms with Crippen molar-refractivity contribution in [2.45, 2.75) is 40.2 Å². The van der Waals surface area contributed by atoms with Gasteiger partial charge in [-0.1, -0.05) is 13.8 Å². The highest BCUT2D eigenvalue weighted by atomic mass is 16.5. The van der Waals surface area contributed by atoms with Crippen molar-refractivity contribution in [1.29, 1.82) is 0 Å². The van der Waals surface area contributed by atoms with Gasteiger partial charge in [0.05, 0.1) is 12.0 Å². The highest BCUT2D eigenvalue weighted by Gasteiger charge is 2.34. The van der Waals surface area contributed by atoms with Crippen molar-refractivity contribution in [3.63, 3.8) is 0 Å². The van der Waals surface area contributed by atoms with E-state index in [1.165, 1.54) is 0 Å². The van der Waals surface area contributed by atoms with Crippen LogP contribution in [-0.4, -0.2) is 40.0 Å². The zero-order chi connectivity index (χ0) is 16.8. The smallest absolute Gasteiger partial charge is 0.359 e. The maximum Gasteiger partial charge on any atom is 0.359 e. The van der Waals surface area contributed by atoms with E-state index in [-0.39, 0.29) is 12.3 Å². The lowest BCUT2D eigenvalue weighted by atomic mass is 9.82. The quantitative estimate of drug-likeness (QED) is 0.673. The zero-order valence-corrected chi connectivity index (χ0v) is 13.7. The molecule has 0 aliphatic rings. The molecule has 22 heavy (non-hydrogen) atoms. The number of nitrogens with zero attached hydrogens (tertiary/aromatic N) is 2. The molecule has 0 atom stereocenters. The fourth-order valence-corrected chi connectivity index (χ4v) is 2.35. The lowest BCUT2D eigenvalue weighted by Gasteiger charge is -2.26. The molecule has 1 rings (SSSR count). The molecule has 0 saturated carbocycles. The Bertz CT molecular complexity index is 521. The maximum absolute atomic E-state index is 11.8. The second-order valence-electron chi connectivity index (χ2n) is 5.29. The van der Waals surface area contributed by atoms with Crippen LogP contribution in [0.25, 0.3) is 0 Å². The Morgan fingerprint density at radius 3 is 2.50 bits per heavy atom. The summed E-state index contributed by atoms with van der Waals surface area (Å²) in [6.07, 6.45) is 2.83. The number of aryl methyl sites for hydroxylation is 1. The van der Waals surface area contributed by atoms with Gasteiger partial charge < -0.3 is 15.2 Å². The van der Waals surface area contributed by atoms with E-state index in [0.29, 0.717) is 31.5 Å². The Hall–Kier alpha value is -1.89. The van der Waals surface area contributed by atoms with E-state index in [1.807, 2.05) is 13.8 Å². The van der Waals surface area contributed by atoms with Crippen LogP contribution in [0.15, 0.2) is 6.20 Å². The summed E-state index contributed by atoms with van der Waals surface area (Å²) in [5, 5.41) is 16.6. The number of carbonyl (C=O) groups is 2. The highest BCUT2D eigenvalue weighted by Crippen LogP contribution is 2.25. The van der Waals surface area contributed by atoms with Crippen LogP contribution < -0.4 is 5.32 Å². The Balaban J connectivity index is 2.76. The number of hydrogen-bond acceptors (Lipinski definition) is 5. The number of carboxylic acid groups (broad SMARTS) is 1. The average Bonchev–Trinajstić information content (AvgIpc) is 2.85. The molecule has 0 bridgehead atoms. The first-order valence-corrected chi connectivity index (χ1v) is 7.53. The first-order valence-electron chi connectivity index (χ1n) is 7.53. The monoisotopic (exact) mass is 311 g/mol. The van der Waals surface area contributed by atoms with Crippen LogP contribution >= 0.6 is 0 Å². The minimum absolute atomic E-state index is 0.269. The fraction of sp³-hybridized carbons (Fsp3) is 0.667. The van der Waals surface area contributed by atoms with Gasteiger partial charge in [-0.25, -0.2) is 4.79 Å². The third kappa shape index (κ3) is 4.07. The van der Waals surface area contributed by atoms with Crippen molar-refractivity contribution < 1.29 is 19.4 Å². The van der Waals surface area contributed by atoms with Crippen LogP contribution in [0.1, 0.15) is 49.7 Å². The number of hydrogen-bond donors (Lipinski definition) is 2. The molecule has 0 radical (unpaired) electrons. The number of esters is 1. The number of nitrogens with one attached hydrogen (secondary N) is 1. The average molecular weight is 311 g/mol. The number of carboxylic acids is 1. The summed E-state index contributed by atoms with van der Waals surface area (Å²) in [7, 11) is 1.73. The van der Waals surface area contributed by atoms with E-state index >= 15 is 0 Å². The molecule has 0 unspecified atom stereocenters. The summed E-state index contributed by atoms with van der Waals surface area (Å²) >= 11 is 0.